The number of anilines is 1. The van der Waals surface area contributed by atoms with Gasteiger partial charge in [-0.05, 0) is 66.9 Å². The van der Waals surface area contributed by atoms with Gasteiger partial charge >= 0.3 is 0 Å². The Morgan fingerprint density at radius 1 is 0.884 bits per heavy atom. The summed E-state index contributed by atoms with van der Waals surface area (Å²) in [6, 6.07) is 16.6. The Hall–Kier alpha value is -3.96. The fraction of sp³-hybridized carbons (Fsp3) is 0.355. The number of hydrogen-bond donors (Lipinski definition) is 1. The maximum atomic E-state index is 14.1. The highest BCUT2D eigenvalue weighted by Gasteiger charge is 2.34. The summed E-state index contributed by atoms with van der Waals surface area (Å²) in [6.07, 6.45) is 1.04. The first-order valence-electron chi connectivity index (χ1n) is 13.8. The van der Waals surface area contributed by atoms with E-state index in [9.17, 15) is 18.0 Å². The zero-order chi connectivity index (χ0) is 31.6. The van der Waals surface area contributed by atoms with Crippen molar-refractivity contribution in [2.24, 2.45) is 0 Å². The summed E-state index contributed by atoms with van der Waals surface area (Å²) in [5.41, 5.74) is 0.970. The van der Waals surface area contributed by atoms with E-state index < -0.39 is 28.5 Å². The third-order valence-electron chi connectivity index (χ3n) is 6.78. The number of rotatable bonds is 15. The first-order chi connectivity index (χ1) is 20.6. The third-order valence-corrected chi connectivity index (χ3v) is 8.81. The number of amides is 2. The van der Waals surface area contributed by atoms with Crippen LogP contribution >= 0.6 is 11.6 Å². The minimum absolute atomic E-state index is 0.0751. The maximum Gasteiger partial charge on any atom is 0.264 e. The molecular formula is C31H38ClN3O7S. The smallest absolute Gasteiger partial charge is 0.264 e. The summed E-state index contributed by atoms with van der Waals surface area (Å²) in [6.45, 7) is 3.69. The molecule has 0 fully saturated rings. The lowest BCUT2D eigenvalue weighted by molar-refractivity contribution is -0.140. The largest absolute Gasteiger partial charge is 0.497 e. The number of methoxy groups -OCH3 is 3. The van der Waals surface area contributed by atoms with E-state index in [1.165, 1.54) is 49.5 Å². The van der Waals surface area contributed by atoms with Crippen LogP contribution in [-0.4, -0.2) is 65.6 Å². The van der Waals surface area contributed by atoms with Crippen molar-refractivity contribution < 1.29 is 32.2 Å². The van der Waals surface area contributed by atoms with Gasteiger partial charge in [-0.3, -0.25) is 13.9 Å². The van der Waals surface area contributed by atoms with Gasteiger partial charge in [0.1, 0.15) is 18.3 Å². The molecule has 0 aliphatic rings. The van der Waals surface area contributed by atoms with E-state index >= 15 is 0 Å². The van der Waals surface area contributed by atoms with Crippen LogP contribution in [0.25, 0.3) is 0 Å². The number of carbonyl (C=O) groups is 2. The lowest BCUT2D eigenvalue weighted by Crippen LogP contribution is -2.52. The zero-order valence-electron chi connectivity index (χ0n) is 25.0. The van der Waals surface area contributed by atoms with Gasteiger partial charge in [0, 0.05) is 24.2 Å². The number of sulfonamides is 1. The summed E-state index contributed by atoms with van der Waals surface area (Å²) in [4.78, 5) is 28.7. The topological polar surface area (TPSA) is 114 Å². The highest BCUT2D eigenvalue weighted by Crippen LogP contribution is 2.33. The Bertz CT molecular complexity index is 1480. The van der Waals surface area contributed by atoms with Crippen LogP contribution in [0.3, 0.4) is 0 Å². The van der Waals surface area contributed by atoms with Crippen molar-refractivity contribution in [3.05, 3.63) is 77.3 Å². The number of nitrogens with zero attached hydrogens (tertiary/aromatic N) is 2. The molecule has 0 aliphatic heterocycles. The first-order valence-corrected chi connectivity index (χ1v) is 15.6. The van der Waals surface area contributed by atoms with E-state index in [2.05, 4.69) is 5.32 Å². The molecule has 0 aliphatic carbocycles. The Morgan fingerprint density at radius 2 is 1.53 bits per heavy atom. The molecule has 0 saturated carbocycles. The van der Waals surface area contributed by atoms with E-state index in [0.717, 1.165) is 16.3 Å². The molecule has 0 unspecified atom stereocenters. The quantitative estimate of drug-likeness (QED) is 0.254. The molecule has 0 aromatic heterocycles. The van der Waals surface area contributed by atoms with E-state index in [-0.39, 0.29) is 28.8 Å². The van der Waals surface area contributed by atoms with Gasteiger partial charge in [-0.25, -0.2) is 8.42 Å². The molecule has 3 aromatic carbocycles. The van der Waals surface area contributed by atoms with E-state index in [1.54, 1.807) is 43.5 Å². The molecule has 3 rings (SSSR count). The molecule has 3 aromatic rings. The van der Waals surface area contributed by atoms with Crippen molar-refractivity contribution in [3.8, 4) is 17.2 Å². The lowest BCUT2D eigenvalue weighted by Gasteiger charge is -2.33. The summed E-state index contributed by atoms with van der Waals surface area (Å²) in [7, 11) is 0.0944. The number of hydrogen-bond acceptors (Lipinski definition) is 7. The van der Waals surface area contributed by atoms with Gasteiger partial charge in [-0.2, -0.15) is 0 Å². The summed E-state index contributed by atoms with van der Waals surface area (Å²) < 4.78 is 45.1. The van der Waals surface area contributed by atoms with Crippen molar-refractivity contribution in [1.29, 1.82) is 0 Å². The van der Waals surface area contributed by atoms with Gasteiger partial charge < -0.3 is 24.4 Å². The minimum atomic E-state index is -4.31. The summed E-state index contributed by atoms with van der Waals surface area (Å²) in [5, 5.41) is 3.27. The van der Waals surface area contributed by atoms with Crippen LogP contribution in [0.1, 0.15) is 32.3 Å². The average Bonchev–Trinajstić information content (AvgIpc) is 3.02. The minimum Gasteiger partial charge on any atom is -0.497 e. The van der Waals surface area contributed by atoms with E-state index in [1.807, 2.05) is 13.8 Å². The van der Waals surface area contributed by atoms with Crippen molar-refractivity contribution in [1.82, 2.24) is 10.2 Å². The van der Waals surface area contributed by atoms with Crippen molar-refractivity contribution in [2.45, 2.75) is 44.2 Å². The highest BCUT2D eigenvalue weighted by molar-refractivity contribution is 7.92. The highest BCUT2D eigenvalue weighted by atomic mass is 35.5. The molecule has 0 heterocycles. The van der Waals surface area contributed by atoms with E-state index in [4.69, 9.17) is 25.8 Å². The van der Waals surface area contributed by atoms with Crippen molar-refractivity contribution in [3.63, 3.8) is 0 Å². The lowest BCUT2D eigenvalue weighted by atomic mass is 10.1. The Kier molecular flexibility index (Phi) is 12.1. The molecule has 1 atom stereocenters. The second kappa shape index (κ2) is 15.5. The molecule has 0 spiro atoms. The molecule has 10 nitrogen and oxygen atoms in total. The predicted octanol–water partition coefficient (Wildman–Crippen LogP) is 4.89. The molecule has 0 bridgehead atoms. The zero-order valence-corrected chi connectivity index (χ0v) is 26.6. The third kappa shape index (κ3) is 8.32. The Balaban J connectivity index is 2.08. The van der Waals surface area contributed by atoms with Gasteiger partial charge in [-0.15, -0.1) is 0 Å². The van der Waals surface area contributed by atoms with Crippen molar-refractivity contribution in [2.75, 3.05) is 38.7 Å². The average molecular weight is 632 g/mol. The van der Waals surface area contributed by atoms with Crippen LogP contribution in [-0.2, 0) is 26.2 Å². The normalized spacial score (nSPS) is 11.8. The standard InChI is InChI=1S/C31H38ClN3O7S/c1-6-18-33-31(37)27(7-2)34(20-22-8-14-25(40-3)15-9-22)30(36)21-35(24-12-10-23(32)11-13-24)43(38,39)26-16-17-28(41-4)29(19-26)42-5/h8-17,19,27H,6-7,18,20-21H2,1-5H3,(H,33,37)/t27-/m1/s1. The molecular weight excluding hydrogens is 594 g/mol. The number of carbonyl (C=O) groups excluding carboxylic acids is 2. The molecule has 232 valence electrons. The van der Waals surface area contributed by atoms with Gasteiger partial charge in [-0.1, -0.05) is 37.6 Å². The number of halogens is 1. The van der Waals surface area contributed by atoms with Crippen LogP contribution in [0.5, 0.6) is 17.2 Å². The van der Waals surface area contributed by atoms with Crippen LogP contribution < -0.4 is 23.8 Å². The Morgan fingerprint density at radius 3 is 2.09 bits per heavy atom. The first kappa shape index (κ1) is 33.5. The van der Waals surface area contributed by atoms with Gasteiger partial charge in [0.25, 0.3) is 10.0 Å². The van der Waals surface area contributed by atoms with Gasteiger partial charge in [0.2, 0.25) is 11.8 Å². The monoisotopic (exact) mass is 631 g/mol. The fourth-order valence-corrected chi connectivity index (χ4v) is 6.01. The summed E-state index contributed by atoms with van der Waals surface area (Å²) >= 11 is 6.10. The number of ether oxygens (including phenoxy) is 3. The second-order valence-corrected chi connectivity index (χ2v) is 11.9. The van der Waals surface area contributed by atoms with Crippen molar-refractivity contribution >= 4 is 39.1 Å². The molecule has 1 N–H and O–H groups in total. The molecule has 43 heavy (non-hydrogen) atoms. The summed E-state index contributed by atoms with van der Waals surface area (Å²) in [5.74, 6) is 0.334. The number of benzene rings is 3. The predicted molar refractivity (Wildman–Crippen MR) is 166 cm³/mol. The Labute approximate surface area is 258 Å². The van der Waals surface area contributed by atoms with E-state index in [0.29, 0.717) is 29.5 Å². The van der Waals surface area contributed by atoms with Crippen LogP contribution in [0.4, 0.5) is 5.69 Å². The fourth-order valence-electron chi connectivity index (χ4n) is 4.45. The maximum absolute atomic E-state index is 14.1. The second-order valence-electron chi connectivity index (χ2n) is 9.59. The molecule has 0 radical (unpaired) electrons. The van der Waals surface area contributed by atoms with Gasteiger partial charge in [0.05, 0.1) is 31.9 Å². The molecule has 12 heteroatoms. The molecule has 0 saturated heterocycles. The van der Waals surface area contributed by atoms with Gasteiger partial charge in [0.15, 0.2) is 11.5 Å². The van der Waals surface area contributed by atoms with Crippen LogP contribution in [0.2, 0.25) is 5.02 Å². The molecule has 2 amide bonds. The van der Waals surface area contributed by atoms with Crippen LogP contribution in [0.15, 0.2) is 71.6 Å². The number of nitrogens with one attached hydrogen (secondary N) is 1. The van der Waals surface area contributed by atoms with Crippen LogP contribution in [0, 0.1) is 0 Å². The SMILES string of the molecule is CCCNC(=O)[C@@H](CC)N(Cc1ccc(OC)cc1)C(=O)CN(c1ccc(Cl)cc1)S(=O)(=O)c1ccc(OC)c(OC)c1.